The van der Waals surface area contributed by atoms with Gasteiger partial charge in [0.05, 0.1) is 11.0 Å². The second-order valence-corrected chi connectivity index (χ2v) is 18.1. The van der Waals surface area contributed by atoms with Gasteiger partial charge < -0.3 is 9.47 Å². The third kappa shape index (κ3) is 5.59. The lowest BCUT2D eigenvalue weighted by Gasteiger charge is -2.28. The van der Waals surface area contributed by atoms with Gasteiger partial charge in [-0.3, -0.25) is 0 Å². The van der Waals surface area contributed by atoms with Crippen LogP contribution in [0.25, 0.3) is 82.8 Å². The molecule has 0 saturated carbocycles. The van der Waals surface area contributed by atoms with Crippen LogP contribution in [0.3, 0.4) is 0 Å². The molecule has 0 unspecified atom stereocenters. The van der Waals surface area contributed by atoms with E-state index in [9.17, 15) is 0 Å². The Kier molecular flexibility index (Phi) is 8.05. The number of nitrogens with zero attached hydrogens (tertiary/aromatic N) is 2. The average molecular weight is 817 g/mol. The van der Waals surface area contributed by atoms with Crippen molar-refractivity contribution in [2.45, 2.75) is 25.7 Å². The van der Waals surface area contributed by atoms with E-state index in [4.69, 9.17) is 0 Å². The lowest BCUT2D eigenvalue weighted by atomic mass is 9.82. The fourth-order valence-electron chi connectivity index (χ4n) is 11.0. The molecule has 1 heterocycles. The molecule has 13 rings (SSSR count). The second kappa shape index (κ2) is 14.0. The molecule has 0 fully saturated rings. The Morgan fingerprint density at radius 3 is 1.88 bits per heavy atom. The standard InChI is InChI=1S/C62H44N2/c1-62(2)57-23-12-11-22-52(57)53-32-31-50(38-58(53)62)63(49-20-13-17-42(35-49)40-14-5-3-6-15-40)48-29-26-41(27-30-48)43-28-33-59-55(36-43)56-37-45-24-25-46-34-44-16-9-10-21-51(44)61(46)54(45)39-60(56)64(59)47-18-7-4-8-19-47/h3-33,35-39H,34H2,1-2H3. The molecule has 2 nitrogen and oxygen atoms in total. The smallest absolute Gasteiger partial charge is 0.0547 e. The molecule has 0 atom stereocenters. The van der Waals surface area contributed by atoms with Crippen LogP contribution in [0.5, 0.6) is 0 Å². The Morgan fingerprint density at radius 1 is 0.391 bits per heavy atom. The first-order valence-corrected chi connectivity index (χ1v) is 22.5. The molecule has 1 aromatic heterocycles. The van der Waals surface area contributed by atoms with Crippen molar-refractivity contribution in [2.75, 3.05) is 4.90 Å². The number of hydrogen-bond acceptors (Lipinski definition) is 1. The lowest BCUT2D eigenvalue weighted by Crippen LogP contribution is -2.16. The molecule has 2 aliphatic rings. The molecule has 0 spiro atoms. The van der Waals surface area contributed by atoms with Crippen molar-refractivity contribution in [3.63, 3.8) is 0 Å². The molecular weight excluding hydrogens is 773 g/mol. The van der Waals surface area contributed by atoms with Gasteiger partial charge in [0.25, 0.3) is 0 Å². The van der Waals surface area contributed by atoms with Crippen molar-refractivity contribution in [3.8, 4) is 50.2 Å². The quantitative estimate of drug-likeness (QED) is 0.162. The zero-order valence-corrected chi connectivity index (χ0v) is 35.9. The van der Waals surface area contributed by atoms with E-state index in [-0.39, 0.29) is 5.41 Å². The van der Waals surface area contributed by atoms with Crippen LogP contribution >= 0.6 is 0 Å². The minimum Gasteiger partial charge on any atom is -0.310 e. The van der Waals surface area contributed by atoms with Gasteiger partial charge >= 0.3 is 0 Å². The third-order valence-corrected chi connectivity index (χ3v) is 14.2. The molecule has 10 aromatic carbocycles. The highest BCUT2D eigenvalue weighted by Crippen LogP contribution is 2.51. The van der Waals surface area contributed by atoms with E-state index in [1.807, 2.05) is 0 Å². The van der Waals surface area contributed by atoms with Gasteiger partial charge in [0.15, 0.2) is 0 Å². The van der Waals surface area contributed by atoms with Crippen molar-refractivity contribution < 1.29 is 0 Å². The molecule has 2 aliphatic carbocycles. The number of hydrogen-bond donors (Lipinski definition) is 0. The largest absolute Gasteiger partial charge is 0.310 e. The summed E-state index contributed by atoms with van der Waals surface area (Å²) in [5, 5.41) is 5.12. The number of benzene rings is 10. The molecule has 0 N–H and O–H groups in total. The van der Waals surface area contributed by atoms with Gasteiger partial charge in [-0.15, -0.1) is 0 Å². The Bertz CT molecular complexity index is 3650. The van der Waals surface area contributed by atoms with E-state index in [1.54, 1.807) is 0 Å². The average Bonchev–Trinajstić information content (AvgIpc) is 3.96. The van der Waals surface area contributed by atoms with Gasteiger partial charge in [-0.1, -0.05) is 159 Å². The Hall–Kier alpha value is -7.94. The van der Waals surface area contributed by atoms with Crippen molar-refractivity contribution in [3.05, 3.63) is 241 Å². The van der Waals surface area contributed by atoms with Gasteiger partial charge in [-0.05, 0) is 157 Å². The van der Waals surface area contributed by atoms with Crippen molar-refractivity contribution in [1.29, 1.82) is 0 Å². The van der Waals surface area contributed by atoms with Crippen LogP contribution in [0.4, 0.5) is 17.1 Å². The Labute approximate surface area is 374 Å². The van der Waals surface area contributed by atoms with E-state index in [0.29, 0.717) is 0 Å². The fraction of sp³-hybridized carbons (Fsp3) is 0.0645. The minimum atomic E-state index is -0.108. The molecule has 2 heteroatoms. The topological polar surface area (TPSA) is 8.17 Å². The summed E-state index contributed by atoms with van der Waals surface area (Å²) in [4.78, 5) is 2.42. The zero-order valence-electron chi connectivity index (χ0n) is 35.9. The summed E-state index contributed by atoms with van der Waals surface area (Å²) in [5.74, 6) is 0. The van der Waals surface area contributed by atoms with Crippen LogP contribution in [0, 0.1) is 0 Å². The highest BCUT2D eigenvalue weighted by Gasteiger charge is 2.36. The van der Waals surface area contributed by atoms with Gasteiger partial charge in [0.2, 0.25) is 0 Å². The first kappa shape index (κ1) is 36.7. The van der Waals surface area contributed by atoms with E-state index >= 15 is 0 Å². The highest BCUT2D eigenvalue weighted by molar-refractivity contribution is 6.17. The summed E-state index contributed by atoms with van der Waals surface area (Å²) in [6, 6.07) is 81.1. The van der Waals surface area contributed by atoms with Crippen molar-refractivity contribution in [2.24, 2.45) is 0 Å². The first-order valence-electron chi connectivity index (χ1n) is 22.5. The summed E-state index contributed by atoms with van der Waals surface area (Å²) in [6.07, 6.45) is 0.988. The number of aromatic nitrogens is 1. The fourth-order valence-corrected chi connectivity index (χ4v) is 11.0. The monoisotopic (exact) mass is 816 g/mol. The van der Waals surface area contributed by atoms with Gasteiger partial charge in [0.1, 0.15) is 0 Å². The van der Waals surface area contributed by atoms with Crippen molar-refractivity contribution >= 4 is 49.6 Å². The molecule has 0 amide bonds. The molecule has 0 saturated heterocycles. The lowest BCUT2D eigenvalue weighted by molar-refractivity contribution is 0.660. The van der Waals surface area contributed by atoms with Crippen LogP contribution in [0.15, 0.2) is 218 Å². The Balaban J connectivity index is 0.946. The predicted octanol–water partition coefficient (Wildman–Crippen LogP) is 16.6. The highest BCUT2D eigenvalue weighted by atomic mass is 15.1. The zero-order chi connectivity index (χ0) is 42.5. The van der Waals surface area contributed by atoms with Crippen LogP contribution in [-0.2, 0) is 11.8 Å². The van der Waals surface area contributed by atoms with Gasteiger partial charge in [0, 0.05) is 38.9 Å². The van der Waals surface area contributed by atoms with Crippen LogP contribution in [0.1, 0.15) is 36.1 Å². The molecular formula is C62H44N2. The summed E-state index contributed by atoms with van der Waals surface area (Å²) in [7, 11) is 0. The summed E-state index contributed by atoms with van der Waals surface area (Å²) < 4.78 is 2.45. The summed E-state index contributed by atoms with van der Waals surface area (Å²) in [6.45, 7) is 4.72. The third-order valence-electron chi connectivity index (χ3n) is 14.2. The van der Waals surface area contributed by atoms with Gasteiger partial charge in [-0.2, -0.15) is 0 Å². The van der Waals surface area contributed by atoms with Crippen LogP contribution in [0.2, 0.25) is 0 Å². The predicted molar refractivity (Wildman–Crippen MR) is 270 cm³/mol. The van der Waals surface area contributed by atoms with E-state index in [2.05, 4.69) is 242 Å². The van der Waals surface area contributed by atoms with Crippen molar-refractivity contribution in [1.82, 2.24) is 4.57 Å². The number of para-hydroxylation sites is 1. The normalized spacial score (nSPS) is 13.2. The summed E-state index contributed by atoms with van der Waals surface area (Å²) >= 11 is 0. The SMILES string of the molecule is CC1(C)c2ccccc2-c2ccc(N(c3ccc(-c4ccc5c(c4)c4cc6ccc7c(c6cc4n5-c4ccccc4)-c4ccccc4C7)cc3)c3cccc(-c4ccccc4)c3)cc21. The second-order valence-electron chi connectivity index (χ2n) is 18.1. The van der Waals surface area contributed by atoms with E-state index in [0.717, 1.165) is 23.5 Å². The Morgan fingerprint density at radius 2 is 1.03 bits per heavy atom. The van der Waals surface area contributed by atoms with E-state index < -0.39 is 0 Å². The molecule has 0 aliphatic heterocycles. The molecule has 11 aromatic rings. The molecule has 0 bridgehead atoms. The first-order chi connectivity index (χ1) is 31.5. The number of anilines is 3. The minimum absolute atomic E-state index is 0.108. The maximum Gasteiger partial charge on any atom is 0.0547 e. The van der Waals surface area contributed by atoms with Crippen LogP contribution < -0.4 is 4.90 Å². The van der Waals surface area contributed by atoms with E-state index in [1.165, 1.54) is 105 Å². The molecule has 302 valence electrons. The van der Waals surface area contributed by atoms with Gasteiger partial charge in [-0.25, -0.2) is 0 Å². The maximum absolute atomic E-state index is 2.45. The molecule has 0 radical (unpaired) electrons. The molecule has 64 heavy (non-hydrogen) atoms. The number of fused-ring (bicyclic) bond motifs is 11. The summed E-state index contributed by atoms with van der Waals surface area (Å²) in [5.41, 5.74) is 22.6. The van der Waals surface area contributed by atoms with Crippen LogP contribution in [-0.4, -0.2) is 4.57 Å². The maximum atomic E-state index is 2.45. The number of rotatable bonds is 6.